The van der Waals surface area contributed by atoms with Crippen LogP contribution in [0.3, 0.4) is 0 Å². The third kappa shape index (κ3) is 6.29. The van der Waals surface area contributed by atoms with E-state index in [-0.39, 0.29) is 11.9 Å². The third-order valence-corrected chi connectivity index (χ3v) is 8.31. The molecule has 2 aliphatic rings. The Hall–Kier alpha value is -3.01. The van der Waals surface area contributed by atoms with Crippen molar-refractivity contribution in [1.29, 1.82) is 0 Å². The van der Waals surface area contributed by atoms with E-state index in [0.29, 0.717) is 17.8 Å². The maximum absolute atomic E-state index is 13.3. The summed E-state index contributed by atoms with van der Waals surface area (Å²) in [6, 6.07) is 11.4. The van der Waals surface area contributed by atoms with Crippen molar-refractivity contribution in [3.63, 3.8) is 0 Å². The van der Waals surface area contributed by atoms with Gasteiger partial charge < -0.3 is 26.2 Å². The van der Waals surface area contributed by atoms with Gasteiger partial charge in [-0.1, -0.05) is 0 Å². The average molecular weight is 520 g/mol. The molecule has 0 unspecified atom stereocenters. The fourth-order valence-corrected chi connectivity index (χ4v) is 5.94. The molecule has 2 aromatic heterocycles. The highest BCUT2D eigenvalue weighted by Crippen LogP contribution is 2.33. The van der Waals surface area contributed by atoms with Crippen molar-refractivity contribution in [2.24, 2.45) is 5.73 Å². The van der Waals surface area contributed by atoms with Gasteiger partial charge in [-0.25, -0.2) is 4.98 Å². The number of pyridine rings is 1. The molecule has 0 bridgehead atoms. The Kier molecular flexibility index (Phi) is 8.02. The Morgan fingerprint density at radius 2 is 1.78 bits per heavy atom. The van der Waals surface area contributed by atoms with Crippen LogP contribution in [0.1, 0.15) is 50.0 Å². The van der Waals surface area contributed by atoms with E-state index in [2.05, 4.69) is 62.4 Å². The Balaban J connectivity index is 1.34. The second kappa shape index (κ2) is 11.6. The van der Waals surface area contributed by atoms with Crippen LogP contribution >= 0.6 is 11.3 Å². The molecular formula is C28H37N7OS. The first-order valence-corrected chi connectivity index (χ1v) is 14.2. The molecule has 1 aromatic carbocycles. The first-order chi connectivity index (χ1) is 18.0. The zero-order valence-corrected chi connectivity index (χ0v) is 22.5. The topological polar surface area (TPSA) is 99.4 Å². The molecule has 4 heterocycles. The lowest BCUT2D eigenvalue weighted by molar-refractivity contribution is 0.102. The normalized spacial score (nSPS) is 17.8. The Bertz CT molecular complexity index is 1180. The fourth-order valence-electron chi connectivity index (χ4n) is 5.13. The second-order valence-electron chi connectivity index (χ2n) is 10.3. The maximum Gasteiger partial charge on any atom is 0.275 e. The predicted octanol–water partition coefficient (Wildman–Crippen LogP) is 4.67. The molecule has 0 atom stereocenters. The van der Waals surface area contributed by atoms with Gasteiger partial charge in [-0.15, -0.1) is 11.3 Å². The van der Waals surface area contributed by atoms with Gasteiger partial charge in [0.1, 0.15) is 10.7 Å². The number of benzene rings is 1. The zero-order valence-electron chi connectivity index (χ0n) is 21.7. The highest BCUT2D eigenvalue weighted by atomic mass is 32.1. The third-order valence-electron chi connectivity index (χ3n) is 7.42. The molecule has 1 amide bonds. The van der Waals surface area contributed by atoms with E-state index in [4.69, 9.17) is 5.73 Å². The second-order valence-corrected chi connectivity index (χ2v) is 11.2. The first kappa shape index (κ1) is 25.6. The number of likely N-dealkylation sites (tertiary alicyclic amines) is 1. The van der Waals surface area contributed by atoms with E-state index >= 15 is 0 Å². The molecule has 8 nitrogen and oxygen atoms in total. The predicted molar refractivity (Wildman–Crippen MR) is 153 cm³/mol. The number of aromatic nitrogens is 2. The molecule has 196 valence electrons. The molecule has 3 aromatic rings. The van der Waals surface area contributed by atoms with Crippen LogP contribution in [0, 0.1) is 0 Å². The van der Waals surface area contributed by atoms with Crippen molar-refractivity contribution in [2.45, 2.75) is 57.7 Å². The van der Waals surface area contributed by atoms with Gasteiger partial charge in [-0.3, -0.25) is 9.78 Å². The molecule has 5 rings (SSSR count). The van der Waals surface area contributed by atoms with Gasteiger partial charge in [-0.2, -0.15) is 0 Å². The molecule has 2 aliphatic heterocycles. The van der Waals surface area contributed by atoms with E-state index < -0.39 is 0 Å². The van der Waals surface area contributed by atoms with E-state index in [9.17, 15) is 4.79 Å². The van der Waals surface area contributed by atoms with Crippen LogP contribution in [0.4, 0.5) is 17.1 Å². The van der Waals surface area contributed by atoms with Crippen molar-refractivity contribution in [3.05, 3.63) is 53.8 Å². The van der Waals surface area contributed by atoms with Crippen LogP contribution in [0.2, 0.25) is 0 Å². The minimum Gasteiger partial charge on any atom is -0.382 e. The lowest BCUT2D eigenvalue weighted by Crippen LogP contribution is -2.42. The molecule has 2 saturated heterocycles. The number of nitrogens with zero attached hydrogens (tertiary/aromatic N) is 4. The van der Waals surface area contributed by atoms with Gasteiger partial charge >= 0.3 is 0 Å². The smallest absolute Gasteiger partial charge is 0.275 e. The summed E-state index contributed by atoms with van der Waals surface area (Å²) in [6.45, 7) is 8.50. The summed E-state index contributed by atoms with van der Waals surface area (Å²) < 4.78 is 0. The van der Waals surface area contributed by atoms with E-state index in [1.807, 2.05) is 17.5 Å². The number of piperidine rings is 2. The first-order valence-electron chi connectivity index (χ1n) is 13.3. The van der Waals surface area contributed by atoms with Crippen LogP contribution in [-0.4, -0.2) is 65.1 Å². The molecule has 0 aliphatic carbocycles. The fraction of sp³-hybridized carbons (Fsp3) is 0.464. The number of hydrogen-bond acceptors (Lipinski definition) is 8. The van der Waals surface area contributed by atoms with Crippen LogP contribution in [-0.2, 0) is 0 Å². The average Bonchev–Trinajstić information content (AvgIpc) is 3.41. The SMILES string of the molecule is CC(C)N1CCC(Nc2ccc(N3CCC(N)CC3)c(NC(=O)c3csc(-c4ccncc4)n3)c2)CC1. The Morgan fingerprint density at radius 3 is 2.49 bits per heavy atom. The van der Waals surface area contributed by atoms with Crippen LogP contribution in [0.5, 0.6) is 0 Å². The molecular weight excluding hydrogens is 482 g/mol. The highest BCUT2D eigenvalue weighted by Gasteiger charge is 2.23. The number of hydrogen-bond donors (Lipinski definition) is 3. The summed E-state index contributed by atoms with van der Waals surface area (Å²) in [5.41, 5.74) is 10.4. The van der Waals surface area contributed by atoms with Crippen molar-refractivity contribution in [3.8, 4) is 10.6 Å². The van der Waals surface area contributed by atoms with Gasteiger partial charge in [0.25, 0.3) is 5.91 Å². The summed E-state index contributed by atoms with van der Waals surface area (Å²) in [5.74, 6) is -0.200. The standard InChI is InChI=1S/C28H37N7OS/c1-19(2)34-15-9-22(10-16-34)31-23-3-4-26(35-13-7-21(29)8-14-35)24(17-23)32-27(36)25-18-37-28(33-25)20-5-11-30-12-6-20/h3-6,11-12,17-19,21-22,31H,7-10,13-16,29H2,1-2H3,(H,32,36). The number of nitrogens with two attached hydrogens (primary N) is 1. The number of amides is 1. The summed E-state index contributed by atoms with van der Waals surface area (Å²) >= 11 is 1.46. The quantitative estimate of drug-likeness (QED) is 0.417. The highest BCUT2D eigenvalue weighted by molar-refractivity contribution is 7.13. The molecule has 2 fully saturated rings. The zero-order chi connectivity index (χ0) is 25.8. The van der Waals surface area contributed by atoms with Crippen molar-refractivity contribution >= 4 is 34.3 Å². The monoisotopic (exact) mass is 519 g/mol. The Morgan fingerprint density at radius 1 is 1.05 bits per heavy atom. The molecule has 0 radical (unpaired) electrons. The summed E-state index contributed by atoms with van der Waals surface area (Å²) in [5, 5.41) is 9.51. The number of rotatable bonds is 7. The molecule has 4 N–H and O–H groups in total. The largest absolute Gasteiger partial charge is 0.382 e. The van der Waals surface area contributed by atoms with Gasteiger partial charge in [0, 0.05) is 73.3 Å². The minimum absolute atomic E-state index is 0.200. The van der Waals surface area contributed by atoms with Crippen LogP contribution < -0.4 is 21.3 Å². The van der Waals surface area contributed by atoms with Crippen molar-refractivity contribution < 1.29 is 4.79 Å². The van der Waals surface area contributed by atoms with E-state index in [1.165, 1.54) is 11.3 Å². The molecule has 0 spiro atoms. The summed E-state index contributed by atoms with van der Waals surface area (Å²) in [4.78, 5) is 26.8. The van der Waals surface area contributed by atoms with Crippen molar-refractivity contribution in [1.82, 2.24) is 14.9 Å². The number of carbonyl (C=O) groups is 1. The van der Waals surface area contributed by atoms with Gasteiger partial charge in [0.05, 0.1) is 11.4 Å². The lowest BCUT2D eigenvalue weighted by Gasteiger charge is -2.36. The molecule has 0 saturated carbocycles. The number of thiazole rings is 1. The minimum atomic E-state index is -0.200. The van der Waals surface area contributed by atoms with E-state index in [0.717, 1.165) is 79.5 Å². The van der Waals surface area contributed by atoms with Crippen LogP contribution in [0.25, 0.3) is 10.6 Å². The van der Waals surface area contributed by atoms with Gasteiger partial charge in [0.2, 0.25) is 0 Å². The molecule has 37 heavy (non-hydrogen) atoms. The molecule has 9 heteroatoms. The summed E-state index contributed by atoms with van der Waals surface area (Å²) in [6.07, 6.45) is 7.59. The van der Waals surface area contributed by atoms with Crippen LogP contribution in [0.15, 0.2) is 48.1 Å². The van der Waals surface area contributed by atoms with Gasteiger partial charge in [0.15, 0.2) is 0 Å². The van der Waals surface area contributed by atoms with E-state index in [1.54, 1.807) is 12.4 Å². The van der Waals surface area contributed by atoms with Crippen molar-refractivity contribution in [2.75, 3.05) is 41.7 Å². The lowest BCUT2D eigenvalue weighted by atomic mass is 10.0. The Labute approximate surface area is 223 Å². The number of carbonyl (C=O) groups excluding carboxylic acids is 1. The number of nitrogens with one attached hydrogen (secondary N) is 2. The summed E-state index contributed by atoms with van der Waals surface area (Å²) in [7, 11) is 0. The maximum atomic E-state index is 13.3. The van der Waals surface area contributed by atoms with Gasteiger partial charge in [-0.05, 0) is 69.9 Å². The number of anilines is 3.